The van der Waals surface area contributed by atoms with Gasteiger partial charge >= 0.3 is 5.97 Å². The van der Waals surface area contributed by atoms with Crippen molar-refractivity contribution in [2.75, 3.05) is 7.11 Å². The molecule has 2 atom stereocenters. The van der Waals surface area contributed by atoms with E-state index >= 15 is 0 Å². The summed E-state index contributed by atoms with van der Waals surface area (Å²) in [5.74, 6) is 0.702. The predicted molar refractivity (Wildman–Crippen MR) is 56.9 cm³/mol. The zero-order valence-corrected chi connectivity index (χ0v) is 9.16. The Hall–Kier alpha value is -0.790. The zero-order valence-electron chi connectivity index (χ0n) is 9.16. The molecule has 0 radical (unpaired) electrons. The Morgan fingerprint density at radius 2 is 2.29 bits per heavy atom. The number of carbonyl (C=O) groups is 1. The maximum Gasteiger partial charge on any atom is 0.308 e. The van der Waals surface area contributed by atoms with Crippen LogP contribution in [0.25, 0.3) is 0 Å². The van der Waals surface area contributed by atoms with Gasteiger partial charge in [-0.25, -0.2) is 0 Å². The van der Waals surface area contributed by atoms with Crippen LogP contribution in [0, 0.1) is 11.8 Å². The van der Waals surface area contributed by atoms with Crippen molar-refractivity contribution in [2.45, 2.75) is 39.0 Å². The summed E-state index contributed by atoms with van der Waals surface area (Å²) >= 11 is 0. The van der Waals surface area contributed by atoms with E-state index in [2.05, 4.69) is 19.1 Å². The van der Waals surface area contributed by atoms with Gasteiger partial charge in [0.2, 0.25) is 0 Å². The van der Waals surface area contributed by atoms with Crippen LogP contribution < -0.4 is 0 Å². The van der Waals surface area contributed by atoms with Crippen LogP contribution in [-0.2, 0) is 9.53 Å². The molecule has 0 bridgehead atoms. The third kappa shape index (κ3) is 3.17. The van der Waals surface area contributed by atoms with Crippen molar-refractivity contribution < 1.29 is 9.53 Å². The quantitative estimate of drug-likeness (QED) is 0.512. The number of methoxy groups -OCH3 is 1. The molecule has 1 aliphatic carbocycles. The molecular formula is C12H20O2. The molecule has 0 amide bonds. The van der Waals surface area contributed by atoms with Gasteiger partial charge in [0.1, 0.15) is 0 Å². The molecule has 0 heterocycles. The summed E-state index contributed by atoms with van der Waals surface area (Å²) in [6, 6.07) is 0. The highest BCUT2D eigenvalue weighted by Crippen LogP contribution is 2.30. The summed E-state index contributed by atoms with van der Waals surface area (Å²) in [6.45, 7) is 2.14. The standard InChI is InChI=1S/C12H20O2/c1-3-4-6-10-7-5-8-11(9-10)12(13)14-2/h4,6,10-11H,3,5,7-9H2,1-2H3. The summed E-state index contributed by atoms with van der Waals surface area (Å²) < 4.78 is 4.78. The number of esters is 1. The van der Waals surface area contributed by atoms with Crippen molar-refractivity contribution in [3.05, 3.63) is 12.2 Å². The largest absolute Gasteiger partial charge is 0.469 e. The lowest BCUT2D eigenvalue weighted by molar-refractivity contribution is -0.146. The molecule has 1 fully saturated rings. The summed E-state index contributed by atoms with van der Waals surface area (Å²) in [5, 5.41) is 0. The van der Waals surface area contributed by atoms with Gasteiger partial charge in [0.05, 0.1) is 13.0 Å². The van der Waals surface area contributed by atoms with Crippen molar-refractivity contribution in [1.29, 1.82) is 0 Å². The van der Waals surface area contributed by atoms with Crippen molar-refractivity contribution >= 4 is 5.97 Å². The highest BCUT2D eigenvalue weighted by Gasteiger charge is 2.26. The third-order valence-corrected chi connectivity index (χ3v) is 2.89. The fourth-order valence-corrected chi connectivity index (χ4v) is 2.11. The Kier molecular flexibility index (Phi) is 4.71. The van der Waals surface area contributed by atoms with E-state index in [1.54, 1.807) is 0 Å². The molecule has 0 aliphatic heterocycles. The lowest BCUT2D eigenvalue weighted by Gasteiger charge is -2.25. The molecule has 0 N–H and O–H groups in total. The second-order valence-electron chi connectivity index (χ2n) is 3.98. The van der Waals surface area contributed by atoms with Gasteiger partial charge in [-0.2, -0.15) is 0 Å². The van der Waals surface area contributed by atoms with E-state index < -0.39 is 0 Å². The number of ether oxygens (including phenoxy) is 1. The first-order valence-corrected chi connectivity index (χ1v) is 5.52. The monoisotopic (exact) mass is 196 g/mol. The Labute approximate surface area is 86.3 Å². The SMILES string of the molecule is CCC=CC1CCCC(C(=O)OC)C1. The van der Waals surface area contributed by atoms with Crippen LogP contribution in [0.1, 0.15) is 39.0 Å². The molecule has 2 nitrogen and oxygen atoms in total. The first-order valence-electron chi connectivity index (χ1n) is 5.52. The van der Waals surface area contributed by atoms with E-state index in [4.69, 9.17) is 4.74 Å². The molecule has 0 aromatic heterocycles. The maximum atomic E-state index is 11.3. The number of hydrogen-bond acceptors (Lipinski definition) is 2. The highest BCUT2D eigenvalue weighted by molar-refractivity contribution is 5.72. The average Bonchev–Trinajstić information content (AvgIpc) is 2.25. The van der Waals surface area contributed by atoms with Crippen LogP contribution in [0.2, 0.25) is 0 Å². The molecule has 1 saturated carbocycles. The summed E-state index contributed by atoms with van der Waals surface area (Å²) in [7, 11) is 1.48. The molecule has 0 spiro atoms. The number of allylic oxidation sites excluding steroid dienone is 2. The second-order valence-corrected chi connectivity index (χ2v) is 3.98. The minimum atomic E-state index is -0.0281. The van der Waals surface area contributed by atoms with E-state index in [0.717, 1.165) is 25.7 Å². The third-order valence-electron chi connectivity index (χ3n) is 2.89. The summed E-state index contributed by atoms with van der Waals surface area (Å²) in [4.78, 5) is 11.3. The second kappa shape index (κ2) is 5.84. The lowest BCUT2D eigenvalue weighted by Crippen LogP contribution is -2.23. The van der Waals surface area contributed by atoms with E-state index in [0.29, 0.717) is 5.92 Å². The average molecular weight is 196 g/mol. The molecule has 2 unspecified atom stereocenters. The van der Waals surface area contributed by atoms with Crippen LogP contribution >= 0.6 is 0 Å². The first-order chi connectivity index (χ1) is 6.77. The molecule has 0 aromatic carbocycles. The van der Waals surface area contributed by atoms with E-state index in [1.165, 1.54) is 13.5 Å². The molecular weight excluding hydrogens is 176 g/mol. The predicted octanol–water partition coefficient (Wildman–Crippen LogP) is 2.93. The fourth-order valence-electron chi connectivity index (χ4n) is 2.11. The van der Waals surface area contributed by atoms with E-state index in [1.807, 2.05) is 0 Å². The summed E-state index contributed by atoms with van der Waals surface area (Å²) in [6.07, 6.45) is 9.90. The smallest absolute Gasteiger partial charge is 0.308 e. The zero-order chi connectivity index (χ0) is 10.4. The number of hydrogen-bond donors (Lipinski definition) is 0. The minimum absolute atomic E-state index is 0.0281. The van der Waals surface area contributed by atoms with Gasteiger partial charge in [0.25, 0.3) is 0 Å². The molecule has 0 saturated heterocycles. The maximum absolute atomic E-state index is 11.3. The van der Waals surface area contributed by atoms with Gasteiger partial charge in [0, 0.05) is 0 Å². The topological polar surface area (TPSA) is 26.3 Å². The molecule has 2 heteroatoms. The van der Waals surface area contributed by atoms with Crippen molar-refractivity contribution in [3.63, 3.8) is 0 Å². The molecule has 1 rings (SSSR count). The molecule has 80 valence electrons. The van der Waals surface area contributed by atoms with Crippen LogP contribution in [0.15, 0.2) is 12.2 Å². The van der Waals surface area contributed by atoms with Gasteiger partial charge in [-0.1, -0.05) is 25.5 Å². The van der Waals surface area contributed by atoms with Crippen LogP contribution in [-0.4, -0.2) is 13.1 Å². The van der Waals surface area contributed by atoms with Crippen LogP contribution in [0.3, 0.4) is 0 Å². The summed E-state index contributed by atoms with van der Waals surface area (Å²) in [5.41, 5.74) is 0. The minimum Gasteiger partial charge on any atom is -0.469 e. The molecule has 1 aliphatic rings. The highest BCUT2D eigenvalue weighted by atomic mass is 16.5. The normalized spacial score (nSPS) is 27.9. The Morgan fingerprint density at radius 3 is 2.93 bits per heavy atom. The van der Waals surface area contributed by atoms with Gasteiger partial charge < -0.3 is 4.74 Å². The lowest BCUT2D eigenvalue weighted by atomic mass is 9.81. The Morgan fingerprint density at radius 1 is 1.50 bits per heavy atom. The van der Waals surface area contributed by atoms with Crippen LogP contribution in [0.5, 0.6) is 0 Å². The molecule has 14 heavy (non-hydrogen) atoms. The van der Waals surface area contributed by atoms with Gasteiger partial charge in [0.15, 0.2) is 0 Å². The van der Waals surface area contributed by atoms with Crippen molar-refractivity contribution in [2.24, 2.45) is 11.8 Å². The first kappa shape index (κ1) is 11.3. The van der Waals surface area contributed by atoms with E-state index in [9.17, 15) is 4.79 Å². The number of rotatable bonds is 3. The Balaban J connectivity index is 2.43. The van der Waals surface area contributed by atoms with Crippen molar-refractivity contribution in [1.82, 2.24) is 0 Å². The fraction of sp³-hybridized carbons (Fsp3) is 0.750. The number of carbonyl (C=O) groups excluding carboxylic acids is 1. The Bertz CT molecular complexity index is 208. The molecule has 0 aromatic rings. The van der Waals surface area contributed by atoms with Crippen molar-refractivity contribution in [3.8, 4) is 0 Å². The van der Waals surface area contributed by atoms with E-state index in [-0.39, 0.29) is 11.9 Å². The van der Waals surface area contributed by atoms with Gasteiger partial charge in [-0.05, 0) is 31.6 Å². The van der Waals surface area contributed by atoms with Gasteiger partial charge in [-0.3, -0.25) is 4.79 Å². The van der Waals surface area contributed by atoms with Gasteiger partial charge in [-0.15, -0.1) is 0 Å². The van der Waals surface area contributed by atoms with Crippen LogP contribution in [0.4, 0.5) is 0 Å².